The number of benzene rings is 1. The van der Waals surface area contributed by atoms with Crippen LogP contribution in [0.15, 0.2) is 36.7 Å². The molecule has 0 atom stereocenters. The summed E-state index contributed by atoms with van der Waals surface area (Å²) >= 11 is 6.20. The summed E-state index contributed by atoms with van der Waals surface area (Å²) in [4.78, 5) is 20.9. The van der Waals surface area contributed by atoms with E-state index in [2.05, 4.69) is 15.0 Å². The third-order valence-electron chi connectivity index (χ3n) is 4.39. The van der Waals surface area contributed by atoms with E-state index in [1.165, 1.54) is 38.2 Å². The Hall–Kier alpha value is -3.14. The zero-order valence-corrected chi connectivity index (χ0v) is 17.0. The first-order valence-corrected chi connectivity index (χ1v) is 9.20. The van der Waals surface area contributed by atoms with Crippen molar-refractivity contribution in [3.8, 4) is 28.4 Å². The molecule has 2 N–H and O–H groups in total. The molecule has 0 bridgehead atoms. The van der Waals surface area contributed by atoms with Crippen molar-refractivity contribution in [2.24, 2.45) is 5.41 Å². The average Bonchev–Trinajstić information content (AvgIpc) is 3.17. The van der Waals surface area contributed by atoms with Crippen molar-refractivity contribution >= 4 is 17.6 Å². The fourth-order valence-corrected chi connectivity index (χ4v) is 2.76. The number of H-pyrrole nitrogens is 1. The predicted octanol–water partition coefficient (Wildman–Crippen LogP) is 5.44. The van der Waals surface area contributed by atoms with E-state index < -0.39 is 29.1 Å². The number of carbonyl (C=O) groups is 1. The lowest BCUT2D eigenvalue weighted by Crippen LogP contribution is -2.31. The highest BCUT2D eigenvalue weighted by atomic mass is 35.5. The number of aromatic nitrogens is 3. The highest BCUT2D eigenvalue weighted by molar-refractivity contribution is 6.33. The van der Waals surface area contributed by atoms with Crippen LogP contribution in [-0.2, 0) is 11.0 Å². The minimum absolute atomic E-state index is 0.0574. The number of nitrogens with zero attached hydrogens (tertiary/aromatic N) is 2. The van der Waals surface area contributed by atoms with Crippen molar-refractivity contribution in [1.29, 1.82) is 0 Å². The molecular weight excluding hydrogens is 442 g/mol. The minimum Gasteiger partial charge on any atom is -0.481 e. The van der Waals surface area contributed by atoms with Crippen LogP contribution in [0.25, 0.3) is 22.5 Å². The molecule has 0 amide bonds. The Labute approximate surface area is 178 Å². The molecule has 3 rings (SSSR count). The normalized spacial score (nSPS) is 12.1. The molecule has 0 spiro atoms. The maximum absolute atomic E-state index is 14.4. The van der Waals surface area contributed by atoms with Crippen molar-refractivity contribution in [2.45, 2.75) is 20.0 Å². The fraction of sp³-hybridized carbons (Fsp3) is 0.250. The van der Waals surface area contributed by atoms with Gasteiger partial charge in [-0.1, -0.05) is 17.7 Å². The van der Waals surface area contributed by atoms with Crippen LogP contribution in [0.5, 0.6) is 5.88 Å². The fourth-order valence-electron chi connectivity index (χ4n) is 2.49. The van der Waals surface area contributed by atoms with Crippen molar-refractivity contribution < 1.29 is 32.2 Å². The molecule has 0 aliphatic heterocycles. The lowest BCUT2D eigenvalue weighted by atomic mass is 9.95. The van der Waals surface area contributed by atoms with E-state index in [0.29, 0.717) is 17.3 Å². The van der Waals surface area contributed by atoms with Crippen LogP contribution in [0.1, 0.15) is 19.5 Å². The van der Waals surface area contributed by atoms with Crippen LogP contribution >= 0.6 is 11.6 Å². The van der Waals surface area contributed by atoms with Crippen molar-refractivity contribution in [2.75, 3.05) is 6.61 Å². The molecule has 1 aromatic carbocycles. The lowest BCUT2D eigenvalue weighted by molar-refractivity contribution is -0.148. The molecule has 3 aromatic rings. The summed E-state index contributed by atoms with van der Waals surface area (Å²) in [5.41, 5.74) is -1.19. The van der Waals surface area contributed by atoms with Crippen LogP contribution in [0.2, 0.25) is 5.02 Å². The van der Waals surface area contributed by atoms with Crippen LogP contribution in [0.3, 0.4) is 0 Å². The summed E-state index contributed by atoms with van der Waals surface area (Å²) < 4.78 is 57.8. The number of ether oxygens (including phenoxy) is 1. The van der Waals surface area contributed by atoms with Crippen LogP contribution in [0, 0.1) is 11.2 Å². The molecule has 0 saturated carbocycles. The Kier molecular flexibility index (Phi) is 5.95. The summed E-state index contributed by atoms with van der Waals surface area (Å²) in [6.07, 6.45) is -2.58. The van der Waals surface area contributed by atoms with E-state index in [4.69, 9.17) is 21.4 Å². The number of aliphatic carboxylic acids is 1. The van der Waals surface area contributed by atoms with E-state index in [0.717, 1.165) is 6.07 Å². The van der Waals surface area contributed by atoms with Crippen molar-refractivity contribution in [3.05, 3.63) is 53.2 Å². The van der Waals surface area contributed by atoms with E-state index in [1.54, 1.807) is 0 Å². The Morgan fingerprint density at radius 1 is 1.16 bits per heavy atom. The standard InChI is InChI=1S/C20H16ClF4N3O3/c1-19(2,18(29)30)9-31-17-14(22)6-11(7-27-17)10-3-4-12(13(21)5-10)16-26-8-15(28-16)20(23,24)25/h3-8H,9H2,1-2H3,(H,26,28)(H,29,30). The van der Waals surface area contributed by atoms with E-state index in [-0.39, 0.29) is 28.9 Å². The van der Waals surface area contributed by atoms with Gasteiger partial charge in [0.05, 0.1) is 16.6 Å². The van der Waals surface area contributed by atoms with E-state index in [9.17, 15) is 22.4 Å². The molecule has 0 aliphatic carbocycles. The zero-order valence-electron chi connectivity index (χ0n) is 16.2. The zero-order chi connectivity index (χ0) is 23.0. The van der Waals surface area contributed by atoms with Crippen LogP contribution < -0.4 is 4.74 Å². The number of nitrogens with one attached hydrogen (secondary N) is 1. The van der Waals surface area contributed by atoms with Gasteiger partial charge in [0.1, 0.15) is 18.1 Å². The maximum Gasteiger partial charge on any atom is 0.432 e. The number of carboxylic acid groups (broad SMARTS) is 1. The number of hydrogen-bond acceptors (Lipinski definition) is 4. The number of imidazole rings is 1. The quantitative estimate of drug-likeness (QED) is 0.481. The predicted molar refractivity (Wildman–Crippen MR) is 104 cm³/mol. The molecule has 164 valence electrons. The van der Waals surface area contributed by atoms with Gasteiger partial charge in [-0.25, -0.2) is 14.4 Å². The molecule has 2 aromatic heterocycles. The van der Waals surface area contributed by atoms with Crippen molar-refractivity contribution in [3.63, 3.8) is 0 Å². The lowest BCUT2D eigenvalue weighted by Gasteiger charge is -2.19. The number of rotatable bonds is 6. The summed E-state index contributed by atoms with van der Waals surface area (Å²) in [6.45, 7) is 2.58. The van der Waals surface area contributed by atoms with Gasteiger partial charge >= 0.3 is 12.1 Å². The molecule has 0 saturated heterocycles. The average molecular weight is 458 g/mol. The molecule has 0 radical (unpaired) electrons. The van der Waals surface area contributed by atoms with Gasteiger partial charge in [0.2, 0.25) is 5.88 Å². The number of aromatic amines is 1. The number of carboxylic acids is 1. The summed E-state index contributed by atoms with van der Waals surface area (Å²) in [5, 5.41) is 9.19. The van der Waals surface area contributed by atoms with E-state index in [1.807, 2.05) is 0 Å². The Morgan fingerprint density at radius 3 is 2.42 bits per heavy atom. The molecule has 0 aliphatic rings. The molecule has 0 fully saturated rings. The Morgan fingerprint density at radius 2 is 1.87 bits per heavy atom. The summed E-state index contributed by atoms with van der Waals surface area (Å²) in [5.74, 6) is -2.31. The number of halogens is 5. The molecule has 2 heterocycles. The second-order valence-electron chi connectivity index (χ2n) is 7.33. The van der Waals surface area contributed by atoms with Gasteiger partial charge in [0.15, 0.2) is 5.82 Å². The first-order valence-electron chi connectivity index (χ1n) is 8.83. The first-order chi connectivity index (χ1) is 14.4. The van der Waals surface area contributed by atoms with Gasteiger partial charge in [-0.15, -0.1) is 0 Å². The van der Waals surface area contributed by atoms with Gasteiger partial charge in [-0.2, -0.15) is 13.2 Å². The van der Waals surface area contributed by atoms with Crippen LogP contribution in [0.4, 0.5) is 17.6 Å². The molecule has 6 nitrogen and oxygen atoms in total. The molecular formula is C20H16ClF4N3O3. The van der Waals surface area contributed by atoms with Gasteiger partial charge in [-0.05, 0) is 37.6 Å². The number of hydrogen-bond donors (Lipinski definition) is 2. The van der Waals surface area contributed by atoms with Gasteiger partial charge in [-0.3, -0.25) is 4.79 Å². The number of alkyl halides is 3. The Balaban J connectivity index is 1.82. The molecule has 31 heavy (non-hydrogen) atoms. The first kappa shape index (κ1) is 22.5. The van der Waals surface area contributed by atoms with E-state index >= 15 is 0 Å². The Bertz CT molecular complexity index is 1130. The topological polar surface area (TPSA) is 88.1 Å². The molecule has 11 heteroatoms. The SMILES string of the molecule is CC(C)(COc1ncc(-c2ccc(-c3ncc(C(F)(F)F)[nH]3)c(Cl)c2)cc1F)C(=O)O. The summed E-state index contributed by atoms with van der Waals surface area (Å²) in [6, 6.07) is 5.56. The monoisotopic (exact) mass is 457 g/mol. The third kappa shape index (κ3) is 4.96. The summed E-state index contributed by atoms with van der Waals surface area (Å²) in [7, 11) is 0. The smallest absolute Gasteiger partial charge is 0.432 e. The highest BCUT2D eigenvalue weighted by Crippen LogP contribution is 2.34. The minimum atomic E-state index is -4.57. The highest BCUT2D eigenvalue weighted by Gasteiger charge is 2.33. The second kappa shape index (κ2) is 8.18. The molecule has 0 unspecified atom stereocenters. The maximum atomic E-state index is 14.4. The van der Waals surface area contributed by atoms with Gasteiger partial charge in [0, 0.05) is 17.3 Å². The van der Waals surface area contributed by atoms with Crippen molar-refractivity contribution in [1.82, 2.24) is 15.0 Å². The largest absolute Gasteiger partial charge is 0.481 e. The van der Waals surface area contributed by atoms with Gasteiger partial charge in [0.25, 0.3) is 0 Å². The van der Waals surface area contributed by atoms with Crippen LogP contribution in [-0.4, -0.2) is 32.6 Å². The third-order valence-corrected chi connectivity index (χ3v) is 4.71. The van der Waals surface area contributed by atoms with Gasteiger partial charge < -0.3 is 14.8 Å². The number of pyridine rings is 1. The second-order valence-corrected chi connectivity index (χ2v) is 7.73.